The molecular weight excluding hydrogens is 294 g/mol. The number of urea groups is 1. The van der Waals surface area contributed by atoms with E-state index in [-0.39, 0.29) is 24.3 Å². The minimum absolute atomic E-state index is 0.00992. The molecule has 0 radical (unpaired) electrons. The number of ether oxygens (including phenoxy) is 1. The van der Waals surface area contributed by atoms with Gasteiger partial charge in [-0.1, -0.05) is 6.92 Å². The van der Waals surface area contributed by atoms with Crippen LogP contribution in [0.3, 0.4) is 0 Å². The summed E-state index contributed by atoms with van der Waals surface area (Å²) in [5.74, 6) is -2.08. The molecule has 2 N–H and O–H groups in total. The van der Waals surface area contributed by atoms with Crippen LogP contribution in [0.5, 0.6) is 5.75 Å². The van der Waals surface area contributed by atoms with E-state index < -0.39 is 23.4 Å². The summed E-state index contributed by atoms with van der Waals surface area (Å²) < 4.78 is 31.9. The number of carbonyl (C=O) groups excluding carboxylic acids is 1. The molecule has 1 heterocycles. The summed E-state index contributed by atoms with van der Waals surface area (Å²) in [6.45, 7) is 2.33. The summed E-state index contributed by atoms with van der Waals surface area (Å²) in [7, 11) is 1.17. The summed E-state index contributed by atoms with van der Waals surface area (Å²) in [6.07, 6.45) is 1.76. The predicted molar refractivity (Wildman–Crippen MR) is 77.9 cm³/mol. The number of rotatable bonds is 3. The molecular formula is C15H20F2N2O3. The van der Waals surface area contributed by atoms with Gasteiger partial charge in [-0.15, -0.1) is 0 Å². The molecule has 2 atom stereocenters. The topological polar surface area (TPSA) is 61.8 Å². The highest BCUT2D eigenvalue weighted by molar-refractivity contribution is 5.89. The Morgan fingerprint density at radius 2 is 2.09 bits per heavy atom. The monoisotopic (exact) mass is 314 g/mol. The first-order chi connectivity index (χ1) is 10.5. The van der Waals surface area contributed by atoms with Gasteiger partial charge in [0, 0.05) is 24.4 Å². The van der Waals surface area contributed by atoms with Crippen molar-refractivity contribution >= 4 is 11.7 Å². The molecule has 1 fully saturated rings. The second kappa shape index (κ2) is 6.91. The van der Waals surface area contributed by atoms with E-state index in [4.69, 9.17) is 0 Å². The Kier molecular flexibility index (Phi) is 5.18. The molecule has 0 aliphatic carbocycles. The molecule has 7 heteroatoms. The lowest BCUT2D eigenvalue weighted by molar-refractivity contribution is 0.0811. The lowest BCUT2D eigenvalue weighted by Crippen LogP contribution is -2.51. The number of benzene rings is 1. The summed E-state index contributed by atoms with van der Waals surface area (Å²) in [5, 5.41) is 11.9. The molecule has 1 aliphatic rings. The van der Waals surface area contributed by atoms with Crippen LogP contribution in [0.15, 0.2) is 12.1 Å². The minimum Gasteiger partial charge on any atom is -0.491 e. The maximum atomic E-state index is 13.6. The van der Waals surface area contributed by atoms with Gasteiger partial charge in [-0.05, 0) is 18.8 Å². The molecule has 1 saturated heterocycles. The van der Waals surface area contributed by atoms with E-state index in [0.717, 1.165) is 25.0 Å². The quantitative estimate of drug-likeness (QED) is 0.901. The number of likely N-dealkylation sites (tertiary alicyclic amines) is 1. The van der Waals surface area contributed by atoms with E-state index in [1.165, 1.54) is 12.0 Å². The third-order valence-electron chi connectivity index (χ3n) is 4.02. The van der Waals surface area contributed by atoms with Crippen molar-refractivity contribution in [3.05, 3.63) is 23.8 Å². The Morgan fingerprint density at radius 3 is 2.64 bits per heavy atom. The Morgan fingerprint density at radius 1 is 1.45 bits per heavy atom. The number of methoxy groups -OCH3 is 1. The average molecular weight is 314 g/mol. The Labute approximate surface area is 127 Å². The molecule has 5 nitrogen and oxygen atoms in total. The highest BCUT2D eigenvalue weighted by atomic mass is 19.1. The second-order valence-corrected chi connectivity index (χ2v) is 5.47. The number of nitrogens with zero attached hydrogens (tertiary/aromatic N) is 1. The summed E-state index contributed by atoms with van der Waals surface area (Å²) in [4.78, 5) is 13.8. The largest absolute Gasteiger partial charge is 0.491 e. The molecule has 122 valence electrons. The molecule has 2 rings (SSSR count). The van der Waals surface area contributed by atoms with Gasteiger partial charge in [0.25, 0.3) is 0 Å². The van der Waals surface area contributed by atoms with Crippen LogP contribution in [0.2, 0.25) is 0 Å². The molecule has 2 unspecified atom stereocenters. The van der Waals surface area contributed by atoms with Crippen molar-refractivity contribution in [3.8, 4) is 5.75 Å². The number of amides is 2. The first-order valence-corrected chi connectivity index (χ1v) is 7.19. The fourth-order valence-electron chi connectivity index (χ4n) is 2.80. The average Bonchev–Trinajstić information content (AvgIpc) is 2.46. The minimum atomic E-state index is -0.886. The molecule has 2 amide bonds. The zero-order valence-corrected chi connectivity index (χ0v) is 12.6. The SMILES string of the molecule is COc1c(F)cc(NC(=O)N2CCCC(C)C2CO)cc1F. The van der Waals surface area contributed by atoms with E-state index in [1.54, 1.807) is 0 Å². The van der Waals surface area contributed by atoms with Crippen LogP contribution in [0.25, 0.3) is 0 Å². The van der Waals surface area contributed by atoms with Gasteiger partial charge < -0.3 is 20.1 Å². The maximum Gasteiger partial charge on any atom is 0.322 e. The van der Waals surface area contributed by atoms with Gasteiger partial charge in [0.05, 0.1) is 19.8 Å². The van der Waals surface area contributed by atoms with Gasteiger partial charge in [0.15, 0.2) is 17.4 Å². The summed E-state index contributed by atoms with van der Waals surface area (Å²) in [6, 6.07) is 1.23. The van der Waals surface area contributed by atoms with Crippen LogP contribution in [0.4, 0.5) is 19.3 Å². The first kappa shape index (κ1) is 16.5. The third kappa shape index (κ3) is 3.30. The first-order valence-electron chi connectivity index (χ1n) is 7.19. The van der Waals surface area contributed by atoms with E-state index >= 15 is 0 Å². The molecule has 0 saturated carbocycles. The van der Waals surface area contributed by atoms with Crippen molar-refractivity contribution in [3.63, 3.8) is 0 Å². The van der Waals surface area contributed by atoms with Gasteiger partial charge in [0.2, 0.25) is 0 Å². The Hall–Kier alpha value is -1.89. The van der Waals surface area contributed by atoms with Gasteiger partial charge in [0.1, 0.15) is 0 Å². The van der Waals surface area contributed by atoms with Gasteiger partial charge in [-0.2, -0.15) is 0 Å². The molecule has 1 aromatic carbocycles. The number of hydrogen-bond acceptors (Lipinski definition) is 3. The van der Waals surface area contributed by atoms with Crippen LogP contribution in [-0.2, 0) is 0 Å². The predicted octanol–water partition coefficient (Wildman–Crippen LogP) is 2.60. The van der Waals surface area contributed by atoms with Crippen molar-refractivity contribution in [2.45, 2.75) is 25.8 Å². The van der Waals surface area contributed by atoms with Crippen LogP contribution in [0.1, 0.15) is 19.8 Å². The van der Waals surface area contributed by atoms with E-state index in [1.807, 2.05) is 6.92 Å². The number of hydrogen-bond donors (Lipinski definition) is 2. The number of aliphatic hydroxyl groups is 1. The Balaban J connectivity index is 2.14. The number of carbonyl (C=O) groups is 1. The van der Waals surface area contributed by atoms with Crippen LogP contribution in [-0.4, -0.2) is 42.3 Å². The van der Waals surface area contributed by atoms with Crippen molar-refractivity contribution in [2.24, 2.45) is 5.92 Å². The zero-order valence-electron chi connectivity index (χ0n) is 12.6. The van der Waals surface area contributed by atoms with Crippen LogP contribution in [0, 0.1) is 17.6 Å². The fraction of sp³-hybridized carbons (Fsp3) is 0.533. The number of piperidine rings is 1. The van der Waals surface area contributed by atoms with Gasteiger partial charge in [-0.3, -0.25) is 0 Å². The molecule has 0 spiro atoms. The number of anilines is 1. The normalized spacial score (nSPS) is 21.6. The lowest BCUT2D eigenvalue weighted by Gasteiger charge is -2.38. The van der Waals surface area contributed by atoms with E-state index in [9.17, 15) is 18.7 Å². The molecule has 1 aliphatic heterocycles. The summed E-state index contributed by atoms with van der Waals surface area (Å²) in [5.41, 5.74) is 0.00992. The zero-order chi connectivity index (χ0) is 16.3. The highest BCUT2D eigenvalue weighted by Gasteiger charge is 2.31. The maximum absolute atomic E-state index is 13.6. The fourth-order valence-corrected chi connectivity index (χ4v) is 2.80. The second-order valence-electron chi connectivity index (χ2n) is 5.47. The van der Waals surface area contributed by atoms with E-state index in [0.29, 0.717) is 6.54 Å². The number of nitrogens with one attached hydrogen (secondary N) is 1. The van der Waals surface area contributed by atoms with Crippen molar-refractivity contribution < 1.29 is 23.4 Å². The molecule has 0 aromatic heterocycles. The smallest absolute Gasteiger partial charge is 0.322 e. The van der Waals surface area contributed by atoms with Crippen molar-refractivity contribution in [1.82, 2.24) is 4.90 Å². The van der Waals surface area contributed by atoms with Gasteiger partial charge >= 0.3 is 6.03 Å². The molecule has 22 heavy (non-hydrogen) atoms. The molecule has 1 aromatic rings. The van der Waals surface area contributed by atoms with Gasteiger partial charge in [-0.25, -0.2) is 13.6 Å². The number of halogens is 2. The van der Waals surface area contributed by atoms with Crippen LogP contribution >= 0.6 is 0 Å². The van der Waals surface area contributed by atoms with Crippen molar-refractivity contribution in [1.29, 1.82) is 0 Å². The van der Waals surface area contributed by atoms with Crippen LogP contribution < -0.4 is 10.1 Å². The van der Waals surface area contributed by atoms with E-state index in [2.05, 4.69) is 10.1 Å². The van der Waals surface area contributed by atoms with Crippen molar-refractivity contribution in [2.75, 3.05) is 25.6 Å². The standard InChI is InChI=1S/C15H20F2N2O3/c1-9-4-3-5-19(13(9)8-20)15(21)18-10-6-11(16)14(22-2)12(17)7-10/h6-7,9,13,20H,3-5,8H2,1-2H3,(H,18,21). The lowest BCUT2D eigenvalue weighted by atomic mass is 9.91. The Bertz CT molecular complexity index is 531. The highest BCUT2D eigenvalue weighted by Crippen LogP contribution is 2.27. The summed E-state index contributed by atoms with van der Waals surface area (Å²) >= 11 is 0. The molecule has 0 bridgehead atoms. The number of aliphatic hydroxyl groups excluding tert-OH is 1. The third-order valence-corrected chi connectivity index (χ3v) is 4.02.